The summed E-state index contributed by atoms with van der Waals surface area (Å²) in [4.78, 5) is 33.9. The molecule has 6 aromatic rings. The summed E-state index contributed by atoms with van der Waals surface area (Å²) < 4.78 is 23.4. The highest BCUT2D eigenvalue weighted by molar-refractivity contribution is 7.07. The van der Waals surface area contributed by atoms with Crippen molar-refractivity contribution in [2.24, 2.45) is 4.99 Å². The molecule has 0 aliphatic carbocycles. The molecule has 1 atom stereocenters. The lowest BCUT2D eigenvalue weighted by atomic mass is 9.95. The van der Waals surface area contributed by atoms with Crippen LogP contribution >= 0.6 is 11.3 Å². The molecule has 4 aromatic carbocycles. The summed E-state index contributed by atoms with van der Waals surface area (Å²) in [6.45, 7) is 8.37. The van der Waals surface area contributed by atoms with Crippen molar-refractivity contribution < 1.29 is 13.9 Å². The van der Waals surface area contributed by atoms with Gasteiger partial charge in [-0.3, -0.25) is 14.2 Å². The molecule has 0 unspecified atom stereocenters. The Morgan fingerprint density at radius 2 is 1.71 bits per heavy atom. The van der Waals surface area contributed by atoms with Crippen molar-refractivity contribution in [1.29, 1.82) is 0 Å². The molecular formula is C40H35FN4O3S. The van der Waals surface area contributed by atoms with E-state index < -0.39 is 6.04 Å². The van der Waals surface area contributed by atoms with Gasteiger partial charge in [0, 0.05) is 34.4 Å². The fourth-order valence-electron chi connectivity index (χ4n) is 6.60. The van der Waals surface area contributed by atoms with Gasteiger partial charge in [-0.05, 0) is 86.9 Å². The number of fused-ring (bicyclic) bond motifs is 2. The number of anilines is 1. The van der Waals surface area contributed by atoms with Gasteiger partial charge in [-0.1, -0.05) is 71.5 Å². The van der Waals surface area contributed by atoms with Crippen LogP contribution in [0.25, 0.3) is 17.0 Å². The number of halogens is 1. The van der Waals surface area contributed by atoms with Crippen molar-refractivity contribution in [3.8, 4) is 5.75 Å². The maximum absolute atomic E-state index is 14.5. The number of methoxy groups -OCH3 is 1. The predicted octanol–water partition coefficient (Wildman–Crippen LogP) is 6.95. The molecule has 2 aromatic heterocycles. The Labute approximate surface area is 287 Å². The van der Waals surface area contributed by atoms with Crippen molar-refractivity contribution >= 4 is 39.9 Å². The second-order valence-corrected chi connectivity index (χ2v) is 13.4. The number of ether oxygens (including phenoxy) is 1. The average Bonchev–Trinajstić information content (AvgIpc) is 3.54. The number of benzene rings is 4. The van der Waals surface area contributed by atoms with Gasteiger partial charge in [0.2, 0.25) is 0 Å². The molecule has 0 fully saturated rings. The van der Waals surface area contributed by atoms with Crippen LogP contribution in [0.4, 0.5) is 10.1 Å². The number of para-hydroxylation sites is 1. The third kappa shape index (κ3) is 5.91. The van der Waals surface area contributed by atoms with Crippen LogP contribution in [-0.4, -0.2) is 22.2 Å². The Balaban J connectivity index is 1.37. The first-order chi connectivity index (χ1) is 23.6. The standard InChI is InChI=1S/C40H35FN4O3S/c1-23-10-19-33(24(2)20-23)43-38(46)36-25(3)42-40-45(37(36)28-13-17-30(48-5)18-14-28)39(47)35(49-40)21-32-26(4)44(34-9-7-6-8-31(32)34)22-27-11-15-29(41)16-12-27/h6-21,37H,22H2,1-5H3,(H,43,46)/b35-21-/t37-/m1/s1. The summed E-state index contributed by atoms with van der Waals surface area (Å²) in [5.41, 5.74) is 8.11. The summed E-state index contributed by atoms with van der Waals surface area (Å²) in [5.74, 6) is 0.0802. The van der Waals surface area contributed by atoms with E-state index in [-0.39, 0.29) is 17.3 Å². The molecule has 1 aliphatic rings. The largest absolute Gasteiger partial charge is 0.497 e. The minimum atomic E-state index is -0.712. The third-order valence-electron chi connectivity index (χ3n) is 9.14. The highest BCUT2D eigenvalue weighted by Crippen LogP contribution is 2.33. The van der Waals surface area contributed by atoms with E-state index in [1.807, 2.05) is 94.4 Å². The average molecular weight is 671 g/mol. The highest BCUT2D eigenvalue weighted by atomic mass is 32.1. The smallest absolute Gasteiger partial charge is 0.271 e. The quantitative estimate of drug-likeness (QED) is 0.200. The maximum Gasteiger partial charge on any atom is 0.271 e. The topological polar surface area (TPSA) is 77.6 Å². The van der Waals surface area contributed by atoms with E-state index in [4.69, 9.17) is 9.73 Å². The van der Waals surface area contributed by atoms with Gasteiger partial charge in [-0.15, -0.1) is 0 Å². The van der Waals surface area contributed by atoms with Gasteiger partial charge >= 0.3 is 0 Å². The van der Waals surface area contributed by atoms with E-state index in [2.05, 4.69) is 16.0 Å². The van der Waals surface area contributed by atoms with Crippen LogP contribution in [-0.2, 0) is 11.3 Å². The lowest BCUT2D eigenvalue weighted by Crippen LogP contribution is -2.40. The van der Waals surface area contributed by atoms with Gasteiger partial charge in [-0.2, -0.15) is 0 Å². The van der Waals surface area contributed by atoms with Gasteiger partial charge in [0.15, 0.2) is 4.80 Å². The number of nitrogens with one attached hydrogen (secondary N) is 1. The summed E-state index contributed by atoms with van der Waals surface area (Å²) in [6, 6.07) is 27.2. The number of aromatic nitrogens is 2. The van der Waals surface area contributed by atoms with E-state index in [0.717, 1.165) is 44.4 Å². The Morgan fingerprint density at radius 3 is 2.43 bits per heavy atom. The molecule has 1 N–H and O–H groups in total. The Morgan fingerprint density at radius 1 is 0.980 bits per heavy atom. The molecule has 1 amide bonds. The second-order valence-electron chi connectivity index (χ2n) is 12.4. The Bertz CT molecular complexity index is 2470. The van der Waals surface area contributed by atoms with Gasteiger partial charge in [0.1, 0.15) is 11.6 Å². The zero-order chi connectivity index (χ0) is 34.4. The van der Waals surface area contributed by atoms with Gasteiger partial charge in [0.05, 0.1) is 29.0 Å². The lowest BCUT2D eigenvalue weighted by Gasteiger charge is -2.25. The number of hydrogen-bond acceptors (Lipinski definition) is 5. The predicted molar refractivity (Wildman–Crippen MR) is 193 cm³/mol. The number of nitrogens with zero attached hydrogens (tertiary/aromatic N) is 3. The van der Waals surface area contributed by atoms with Crippen molar-refractivity contribution in [2.45, 2.75) is 40.3 Å². The molecule has 0 saturated carbocycles. The van der Waals surface area contributed by atoms with Gasteiger partial charge in [0.25, 0.3) is 11.5 Å². The molecule has 3 heterocycles. The van der Waals surface area contributed by atoms with Gasteiger partial charge in [-0.25, -0.2) is 9.38 Å². The first-order valence-electron chi connectivity index (χ1n) is 16.0. The van der Waals surface area contributed by atoms with Crippen molar-refractivity contribution in [3.05, 3.63) is 161 Å². The molecule has 49 heavy (non-hydrogen) atoms. The number of carbonyl (C=O) groups is 1. The molecule has 0 radical (unpaired) electrons. The summed E-state index contributed by atoms with van der Waals surface area (Å²) in [7, 11) is 1.60. The number of carbonyl (C=O) groups excluding carboxylic acids is 1. The fraction of sp³-hybridized carbons (Fsp3) is 0.175. The number of hydrogen-bond donors (Lipinski definition) is 1. The van der Waals surface area contributed by atoms with Crippen LogP contribution in [0, 0.1) is 26.6 Å². The first-order valence-corrected chi connectivity index (χ1v) is 16.8. The highest BCUT2D eigenvalue weighted by Gasteiger charge is 2.33. The second kappa shape index (κ2) is 12.8. The van der Waals surface area contributed by atoms with E-state index in [0.29, 0.717) is 38.6 Å². The van der Waals surface area contributed by atoms with Crippen molar-refractivity contribution in [3.63, 3.8) is 0 Å². The van der Waals surface area contributed by atoms with E-state index >= 15 is 0 Å². The zero-order valence-electron chi connectivity index (χ0n) is 27.9. The van der Waals surface area contributed by atoms with Crippen LogP contribution in [0.2, 0.25) is 0 Å². The van der Waals surface area contributed by atoms with E-state index in [1.165, 1.54) is 23.5 Å². The summed E-state index contributed by atoms with van der Waals surface area (Å²) in [5, 5.41) is 4.09. The monoisotopic (exact) mass is 670 g/mol. The summed E-state index contributed by atoms with van der Waals surface area (Å²) in [6.07, 6.45) is 1.93. The molecule has 7 rings (SSSR count). The first kappa shape index (κ1) is 32.0. The molecule has 9 heteroatoms. The maximum atomic E-state index is 14.5. The zero-order valence-corrected chi connectivity index (χ0v) is 28.7. The molecule has 7 nitrogen and oxygen atoms in total. The number of allylic oxidation sites excluding steroid dienone is 1. The molecule has 0 saturated heterocycles. The fourth-order valence-corrected chi connectivity index (χ4v) is 7.63. The number of thiazole rings is 1. The minimum absolute atomic E-state index is 0.233. The normalized spacial score (nSPS) is 14.6. The Hall–Kier alpha value is -5.54. The summed E-state index contributed by atoms with van der Waals surface area (Å²) >= 11 is 1.31. The molecular weight excluding hydrogens is 636 g/mol. The van der Waals surface area contributed by atoms with Crippen LogP contribution < -0.4 is 24.9 Å². The number of amides is 1. The van der Waals surface area contributed by atoms with Crippen LogP contribution in [0.3, 0.4) is 0 Å². The minimum Gasteiger partial charge on any atom is -0.497 e. The van der Waals surface area contributed by atoms with Crippen LogP contribution in [0.5, 0.6) is 5.75 Å². The lowest BCUT2D eigenvalue weighted by molar-refractivity contribution is -0.113. The van der Waals surface area contributed by atoms with E-state index in [9.17, 15) is 14.0 Å². The number of aryl methyl sites for hydroxylation is 2. The van der Waals surface area contributed by atoms with Crippen molar-refractivity contribution in [2.75, 3.05) is 12.4 Å². The number of rotatable bonds is 7. The van der Waals surface area contributed by atoms with Crippen LogP contribution in [0.15, 0.2) is 112 Å². The molecule has 246 valence electrons. The third-order valence-corrected chi connectivity index (χ3v) is 10.1. The molecule has 0 spiro atoms. The SMILES string of the molecule is COc1ccc([C@@H]2C(C(=O)Nc3ccc(C)cc3C)=C(C)N=c3s/c(=C\c4c(C)n(Cc5ccc(F)cc5)c5ccccc45)c(=O)n32)cc1. The molecule has 1 aliphatic heterocycles. The van der Waals surface area contributed by atoms with Crippen LogP contribution in [0.1, 0.15) is 46.5 Å². The van der Waals surface area contributed by atoms with Crippen molar-refractivity contribution in [1.82, 2.24) is 9.13 Å². The molecule has 0 bridgehead atoms. The van der Waals surface area contributed by atoms with E-state index in [1.54, 1.807) is 23.8 Å². The Kier molecular flexibility index (Phi) is 8.38. The van der Waals surface area contributed by atoms with Gasteiger partial charge < -0.3 is 14.6 Å².